The van der Waals surface area contributed by atoms with Crippen molar-refractivity contribution in [3.8, 4) is 0 Å². The highest BCUT2D eigenvalue weighted by Gasteiger charge is 2.43. The summed E-state index contributed by atoms with van der Waals surface area (Å²) in [5.41, 5.74) is -0.0741. The van der Waals surface area contributed by atoms with E-state index in [0.29, 0.717) is 0 Å². The molecule has 1 aliphatic rings. The van der Waals surface area contributed by atoms with E-state index in [1.165, 1.54) is 17.7 Å². The van der Waals surface area contributed by atoms with Gasteiger partial charge in [-0.1, -0.05) is 31.4 Å². The Bertz CT molecular complexity index is 405. The van der Waals surface area contributed by atoms with Gasteiger partial charge >= 0.3 is 0 Å². The van der Waals surface area contributed by atoms with Gasteiger partial charge in [0.15, 0.2) is 0 Å². The fourth-order valence-electron chi connectivity index (χ4n) is 3.46. The second-order valence-electron chi connectivity index (χ2n) is 5.56. The molecule has 4 heteroatoms. The quantitative estimate of drug-likeness (QED) is 0.855. The number of nitrogens with one attached hydrogen (secondary N) is 1. The SMILES string of the molecule is CCOC1(C(NC)c2ccc(Cl)s2)CCCC(C)C1. The molecule has 0 radical (unpaired) electrons. The Hall–Kier alpha value is -0.0900. The normalized spacial score (nSPS) is 29.4. The lowest BCUT2D eigenvalue weighted by atomic mass is 9.74. The van der Waals surface area contributed by atoms with Crippen LogP contribution in [0.4, 0.5) is 0 Å². The Morgan fingerprint density at radius 2 is 2.37 bits per heavy atom. The Balaban J connectivity index is 2.29. The molecule has 1 fully saturated rings. The van der Waals surface area contributed by atoms with Gasteiger partial charge in [0.1, 0.15) is 0 Å². The first-order chi connectivity index (χ1) is 9.11. The van der Waals surface area contributed by atoms with Crippen molar-refractivity contribution in [1.82, 2.24) is 5.32 Å². The number of likely N-dealkylation sites (N-methyl/N-ethyl adjacent to an activating group) is 1. The summed E-state index contributed by atoms with van der Waals surface area (Å²) in [4.78, 5) is 1.29. The molecule has 3 unspecified atom stereocenters. The third kappa shape index (κ3) is 3.33. The van der Waals surface area contributed by atoms with E-state index >= 15 is 0 Å². The molecule has 1 aromatic heterocycles. The van der Waals surface area contributed by atoms with Gasteiger partial charge in [-0.05, 0) is 44.9 Å². The van der Waals surface area contributed by atoms with Crippen LogP contribution in [-0.2, 0) is 4.74 Å². The third-order valence-corrected chi connectivity index (χ3v) is 5.41. The molecule has 1 aromatic rings. The highest BCUT2D eigenvalue weighted by molar-refractivity contribution is 7.16. The summed E-state index contributed by atoms with van der Waals surface area (Å²) >= 11 is 7.76. The molecule has 108 valence electrons. The van der Waals surface area contributed by atoms with Crippen molar-refractivity contribution in [3.05, 3.63) is 21.3 Å². The Kier molecular flexibility index (Phi) is 5.29. The van der Waals surface area contributed by atoms with E-state index in [0.717, 1.165) is 29.7 Å². The number of thiophene rings is 1. The van der Waals surface area contributed by atoms with Crippen molar-refractivity contribution >= 4 is 22.9 Å². The maximum absolute atomic E-state index is 6.26. The minimum absolute atomic E-state index is 0.0741. The summed E-state index contributed by atoms with van der Waals surface area (Å²) < 4.78 is 7.11. The van der Waals surface area contributed by atoms with Crippen LogP contribution in [0.1, 0.15) is 50.4 Å². The van der Waals surface area contributed by atoms with Crippen LogP contribution in [0, 0.1) is 5.92 Å². The van der Waals surface area contributed by atoms with E-state index in [9.17, 15) is 0 Å². The minimum Gasteiger partial charge on any atom is -0.373 e. The molecule has 19 heavy (non-hydrogen) atoms. The smallest absolute Gasteiger partial charge is 0.0931 e. The predicted molar refractivity (Wildman–Crippen MR) is 83.1 cm³/mol. The molecular weight excluding hydrogens is 278 g/mol. The van der Waals surface area contributed by atoms with Gasteiger partial charge in [-0.3, -0.25) is 0 Å². The predicted octanol–water partition coefficient (Wildman–Crippen LogP) is 4.65. The maximum Gasteiger partial charge on any atom is 0.0931 e. The number of rotatable bonds is 5. The maximum atomic E-state index is 6.26. The Morgan fingerprint density at radius 3 is 2.89 bits per heavy atom. The van der Waals surface area contributed by atoms with Crippen molar-refractivity contribution in [2.75, 3.05) is 13.7 Å². The zero-order valence-corrected chi connectivity index (χ0v) is 13.6. The van der Waals surface area contributed by atoms with Gasteiger partial charge in [0, 0.05) is 11.5 Å². The third-order valence-electron chi connectivity index (χ3n) is 4.12. The average Bonchev–Trinajstić information content (AvgIpc) is 2.77. The standard InChI is InChI=1S/C15H24ClNOS/c1-4-18-15(9-5-6-11(2)10-15)14(17-3)12-7-8-13(16)19-12/h7-8,11,14,17H,4-6,9-10H2,1-3H3. The molecule has 1 aliphatic carbocycles. The highest BCUT2D eigenvalue weighted by Crippen LogP contribution is 2.45. The molecular formula is C15H24ClNOS. The first-order valence-corrected chi connectivity index (χ1v) is 8.37. The molecule has 0 aliphatic heterocycles. The van der Waals surface area contributed by atoms with Crippen LogP contribution in [-0.4, -0.2) is 19.3 Å². The summed E-state index contributed by atoms with van der Waals surface area (Å²) in [6, 6.07) is 4.36. The van der Waals surface area contributed by atoms with Gasteiger partial charge in [-0.15, -0.1) is 11.3 Å². The molecule has 1 saturated carbocycles. The molecule has 0 aromatic carbocycles. The molecule has 2 nitrogen and oxygen atoms in total. The Labute approximate surface area is 125 Å². The van der Waals surface area contributed by atoms with Crippen molar-refractivity contribution in [2.24, 2.45) is 5.92 Å². The zero-order chi connectivity index (χ0) is 13.9. The molecule has 2 rings (SSSR count). The van der Waals surface area contributed by atoms with Gasteiger partial charge in [0.2, 0.25) is 0 Å². The molecule has 0 saturated heterocycles. The lowest BCUT2D eigenvalue weighted by Crippen LogP contribution is -2.48. The van der Waals surface area contributed by atoms with Crippen molar-refractivity contribution in [1.29, 1.82) is 0 Å². The van der Waals surface area contributed by atoms with Gasteiger partial charge in [0.25, 0.3) is 0 Å². The van der Waals surface area contributed by atoms with Crippen LogP contribution < -0.4 is 5.32 Å². The molecule has 1 N–H and O–H groups in total. The number of ether oxygens (including phenoxy) is 1. The number of hydrogen-bond donors (Lipinski definition) is 1. The van der Waals surface area contributed by atoms with Crippen LogP contribution >= 0.6 is 22.9 Å². The lowest BCUT2D eigenvalue weighted by molar-refractivity contribution is -0.0996. The Morgan fingerprint density at radius 1 is 1.58 bits per heavy atom. The fraction of sp³-hybridized carbons (Fsp3) is 0.733. The zero-order valence-electron chi connectivity index (χ0n) is 12.0. The van der Waals surface area contributed by atoms with E-state index in [1.807, 2.05) is 13.1 Å². The molecule has 3 atom stereocenters. The number of hydrogen-bond acceptors (Lipinski definition) is 3. The topological polar surface area (TPSA) is 21.3 Å². The second kappa shape index (κ2) is 6.57. The van der Waals surface area contributed by atoms with Crippen LogP contribution in [0.2, 0.25) is 4.34 Å². The van der Waals surface area contributed by atoms with E-state index in [4.69, 9.17) is 16.3 Å². The van der Waals surface area contributed by atoms with E-state index in [1.54, 1.807) is 11.3 Å². The highest BCUT2D eigenvalue weighted by atomic mass is 35.5. The van der Waals surface area contributed by atoms with E-state index in [2.05, 4.69) is 25.2 Å². The first kappa shape index (κ1) is 15.3. The second-order valence-corrected chi connectivity index (χ2v) is 7.31. The summed E-state index contributed by atoms with van der Waals surface area (Å²) in [5, 5.41) is 3.47. The van der Waals surface area contributed by atoms with Crippen LogP contribution in [0.25, 0.3) is 0 Å². The van der Waals surface area contributed by atoms with Gasteiger partial charge in [0.05, 0.1) is 16.0 Å². The van der Waals surface area contributed by atoms with Crippen LogP contribution in [0.3, 0.4) is 0 Å². The number of halogens is 1. The largest absolute Gasteiger partial charge is 0.373 e. The molecule has 0 amide bonds. The van der Waals surface area contributed by atoms with E-state index < -0.39 is 0 Å². The summed E-state index contributed by atoms with van der Waals surface area (Å²) in [6.45, 7) is 5.19. The monoisotopic (exact) mass is 301 g/mol. The summed E-state index contributed by atoms with van der Waals surface area (Å²) in [7, 11) is 2.03. The first-order valence-electron chi connectivity index (χ1n) is 7.17. The van der Waals surface area contributed by atoms with E-state index in [-0.39, 0.29) is 11.6 Å². The van der Waals surface area contributed by atoms with Gasteiger partial charge in [-0.2, -0.15) is 0 Å². The van der Waals surface area contributed by atoms with Crippen LogP contribution in [0.15, 0.2) is 12.1 Å². The van der Waals surface area contributed by atoms with Crippen molar-refractivity contribution < 1.29 is 4.74 Å². The van der Waals surface area contributed by atoms with Crippen LogP contribution in [0.5, 0.6) is 0 Å². The molecule has 0 bridgehead atoms. The molecule has 0 spiro atoms. The average molecular weight is 302 g/mol. The fourth-order valence-corrected chi connectivity index (χ4v) is 4.73. The summed E-state index contributed by atoms with van der Waals surface area (Å²) in [5.74, 6) is 0.728. The lowest BCUT2D eigenvalue weighted by Gasteiger charge is -2.45. The van der Waals surface area contributed by atoms with Gasteiger partial charge in [-0.25, -0.2) is 0 Å². The van der Waals surface area contributed by atoms with Crippen molar-refractivity contribution in [2.45, 2.75) is 51.2 Å². The summed E-state index contributed by atoms with van der Waals surface area (Å²) in [6.07, 6.45) is 4.82. The molecule has 1 heterocycles. The minimum atomic E-state index is -0.0741. The van der Waals surface area contributed by atoms with Gasteiger partial charge < -0.3 is 10.1 Å². The van der Waals surface area contributed by atoms with Crippen molar-refractivity contribution in [3.63, 3.8) is 0 Å².